The van der Waals surface area contributed by atoms with Crippen LogP contribution in [0.1, 0.15) is 37.7 Å². The molecule has 2 bridgehead atoms. The zero-order chi connectivity index (χ0) is 18.5. The summed E-state index contributed by atoms with van der Waals surface area (Å²) in [6.07, 6.45) is 3.95. The molecule has 2 saturated carbocycles. The van der Waals surface area contributed by atoms with Crippen LogP contribution in [-0.4, -0.2) is 31.4 Å². The second-order valence-electron chi connectivity index (χ2n) is 7.13. The number of benzene rings is 1. The van der Waals surface area contributed by atoms with Gasteiger partial charge in [0.25, 0.3) is 5.91 Å². The number of Topliss-reactive ketones (excluding diaryl/α,β-unsaturated/α-hetero) is 1. The third kappa shape index (κ3) is 4.42. The second-order valence-corrected chi connectivity index (χ2v) is 7.13. The first-order valence-electron chi connectivity index (χ1n) is 9.17. The number of methoxy groups -OCH3 is 1. The van der Waals surface area contributed by atoms with Gasteiger partial charge in [-0.15, -0.1) is 0 Å². The van der Waals surface area contributed by atoms with Gasteiger partial charge in [-0.1, -0.05) is 18.6 Å². The highest BCUT2D eigenvalue weighted by atomic mass is 16.5. The monoisotopic (exact) mass is 359 g/mol. The molecule has 1 N–H and O–H groups in total. The highest BCUT2D eigenvalue weighted by molar-refractivity contribution is 5.87. The van der Waals surface area contributed by atoms with E-state index in [1.54, 1.807) is 7.11 Å². The molecular weight excluding hydrogens is 334 g/mol. The fourth-order valence-corrected chi connectivity index (χ4v) is 3.96. The predicted molar refractivity (Wildman–Crippen MR) is 94.4 cm³/mol. The lowest BCUT2D eigenvalue weighted by molar-refractivity contribution is -0.156. The van der Waals surface area contributed by atoms with Crippen molar-refractivity contribution in [2.75, 3.05) is 13.7 Å². The van der Waals surface area contributed by atoms with Crippen molar-refractivity contribution < 1.29 is 23.9 Å². The Hall–Kier alpha value is -2.37. The smallest absolute Gasteiger partial charge is 0.309 e. The molecule has 1 amide bonds. The zero-order valence-electron chi connectivity index (χ0n) is 15.0. The summed E-state index contributed by atoms with van der Waals surface area (Å²) in [5, 5.41) is 2.73. The van der Waals surface area contributed by atoms with Crippen molar-refractivity contribution in [1.29, 1.82) is 0 Å². The number of amides is 1. The average Bonchev–Trinajstić information content (AvgIpc) is 2.64. The molecule has 2 atom stereocenters. The lowest BCUT2D eigenvalue weighted by atomic mass is 9.67. The van der Waals surface area contributed by atoms with Crippen molar-refractivity contribution in [3.8, 4) is 5.75 Å². The van der Waals surface area contributed by atoms with Crippen LogP contribution in [-0.2, 0) is 25.7 Å². The number of ether oxygens (including phenoxy) is 2. The van der Waals surface area contributed by atoms with Gasteiger partial charge < -0.3 is 14.8 Å². The number of carbonyl (C=O) groups is 3. The number of nitrogens with one attached hydrogen (secondary N) is 1. The van der Waals surface area contributed by atoms with Gasteiger partial charge in [-0.3, -0.25) is 14.4 Å². The lowest BCUT2D eigenvalue weighted by Gasteiger charge is -2.36. The van der Waals surface area contributed by atoms with Crippen molar-refractivity contribution in [3.05, 3.63) is 29.8 Å². The SMILES string of the molecule is COc1cccc(CNC(=O)COC(=O)C2C[C@@H]3CCC[C@@H](C2)C3=O)c1. The molecule has 6 heteroatoms. The van der Waals surface area contributed by atoms with Crippen molar-refractivity contribution >= 4 is 17.7 Å². The van der Waals surface area contributed by atoms with Gasteiger partial charge in [-0.05, 0) is 43.4 Å². The Morgan fingerprint density at radius 2 is 1.92 bits per heavy atom. The summed E-state index contributed by atoms with van der Waals surface area (Å²) in [5.74, 6) is 0.0918. The van der Waals surface area contributed by atoms with E-state index in [1.807, 2.05) is 24.3 Å². The fourth-order valence-electron chi connectivity index (χ4n) is 3.96. The van der Waals surface area contributed by atoms with Crippen LogP contribution >= 0.6 is 0 Å². The molecule has 0 aliphatic heterocycles. The molecule has 1 aromatic rings. The Kier molecular flexibility index (Phi) is 5.91. The summed E-state index contributed by atoms with van der Waals surface area (Å²) in [4.78, 5) is 36.3. The Morgan fingerprint density at radius 1 is 1.19 bits per heavy atom. The van der Waals surface area contributed by atoms with Crippen LogP contribution < -0.4 is 10.1 Å². The standard InChI is InChI=1S/C20H25NO5/c1-25-17-7-2-4-13(8-17)11-21-18(22)12-26-20(24)16-9-14-5-3-6-15(10-16)19(14)23/h2,4,7-8,14-16H,3,5-6,9-12H2,1H3,(H,21,22)/t14-,15-/m0/s1. The van der Waals surface area contributed by atoms with E-state index in [0.29, 0.717) is 25.2 Å². The van der Waals surface area contributed by atoms with Crippen LogP contribution in [0, 0.1) is 17.8 Å². The van der Waals surface area contributed by atoms with Crippen LogP contribution in [0.15, 0.2) is 24.3 Å². The number of ketones is 1. The molecule has 6 nitrogen and oxygen atoms in total. The minimum Gasteiger partial charge on any atom is -0.497 e. The van der Waals surface area contributed by atoms with Gasteiger partial charge in [0.2, 0.25) is 0 Å². The molecule has 0 spiro atoms. The molecule has 26 heavy (non-hydrogen) atoms. The maximum atomic E-state index is 12.3. The number of hydrogen-bond donors (Lipinski definition) is 1. The summed E-state index contributed by atoms with van der Waals surface area (Å²) >= 11 is 0. The van der Waals surface area contributed by atoms with Gasteiger partial charge in [-0.25, -0.2) is 0 Å². The molecule has 0 radical (unpaired) electrons. The topological polar surface area (TPSA) is 81.7 Å². The van der Waals surface area contributed by atoms with E-state index < -0.39 is 0 Å². The van der Waals surface area contributed by atoms with E-state index >= 15 is 0 Å². The van der Waals surface area contributed by atoms with E-state index in [-0.39, 0.29) is 36.2 Å². The number of hydrogen-bond acceptors (Lipinski definition) is 5. The zero-order valence-corrected chi connectivity index (χ0v) is 15.0. The van der Waals surface area contributed by atoms with Gasteiger partial charge in [-0.2, -0.15) is 0 Å². The fraction of sp³-hybridized carbons (Fsp3) is 0.550. The number of rotatable bonds is 6. The summed E-state index contributed by atoms with van der Waals surface area (Å²) < 4.78 is 10.3. The number of esters is 1. The minimum absolute atomic E-state index is 0.00179. The van der Waals surface area contributed by atoms with Crippen molar-refractivity contribution in [1.82, 2.24) is 5.32 Å². The summed E-state index contributed by atoms with van der Waals surface area (Å²) in [6.45, 7) is 0.0538. The largest absolute Gasteiger partial charge is 0.497 e. The third-order valence-electron chi connectivity index (χ3n) is 5.35. The molecule has 2 fully saturated rings. The Balaban J connectivity index is 1.42. The van der Waals surface area contributed by atoms with Gasteiger partial charge in [0.15, 0.2) is 6.61 Å². The molecular formula is C20H25NO5. The molecule has 0 aromatic heterocycles. The predicted octanol–water partition coefficient (Wildman–Crippen LogP) is 2.25. The van der Waals surface area contributed by atoms with Crippen LogP contribution in [0.2, 0.25) is 0 Å². The summed E-state index contributed by atoms with van der Waals surface area (Å²) in [7, 11) is 1.59. The first-order valence-corrected chi connectivity index (χ1v) is 9.17. The van der Waals surface area contributed by atoms with E-state index in [9.17, 15) is 14.4 Å². The molecule has 1 aromatic carbocycles. The van der Waals surface area contributed by atoms with Gasteiger partial charge in [0.1, 0.15) is 11.5 Å². The normalized spacial score (nSPS) is 24.7. The van der Waals surface area contributed by atoms with Crippen LogP contribution in [0.4, 0.5) is 0 Å². The lowest BCUT2D eigenvalue weighted by Crippen LogP contribution is -2.40. The van der Waals surface area contributed by atoms with Crippen LogP contribution in [0.25, 0.3) is 0 Å². The maximum absolute atomic E-state index is 12.3. The molecule has 140 valence electrons. The Morgan fingerprint density at radius 3 is 2.62 bits per heavy atom. The molecule has 3 rings (SSSR count). The second kappa shape index (κ2) is 8.34. The highest BCUT2D eigenvalue weighted by Crippen LogP contribution is 2.40. The van der Waals surface area contributed by atoms with Crippen molar-refractivity contribution in [2.45, 2.75) is 38.6 Å². The maximum Gasteiger partial charge on any atom is 0.309 e. The van der Waals surface area contributed by atoms with Gasteiger partial charge in [0, 0.05) is 18.4 Å². The van der Waals surface area contributed by atoms with Crippen molar-refractivity contribution in [3.63, 3.8) is 0 Å². The highest BCUT2D eigenvalue weighted by Gasteiger charge is 2.41. The van der Waals surface area contributed by atoms with Crippen LogP contribution in [0.5, 0.6) is 5.75 Å². The number of carbonyl (C=O) groups excluding carboxylic acids is 3. The molecule has 0 unspecified atom stereocenters. The van der Waals surface area contributed by atoms with Crippen LogP contribution in [0.3, 0.4) is 0 Å². The van der Waals surface area contributed by atoms with Gasteiger partial charge in [0.05, 0.1) is 13.0 Å². The first kappa shape index (κ1) is 18.4. The first-order chi connectivity index (χ1) is 12.6. The van der Waals surface area contributed by atoms with Gasteiger partial charge >= 0.3 is 5.97 Å². The van der Waals surface area contributed by atoms with Crippen molar-refractivity contribution in [2.24, 2.45) is 17.8 Å². The molecule has 2 aliphatic rings. The third-order valence-corrected chi connectivity index (χ3v) is 5.35. The molecule has 2 aliphatic carbocycles. The quantitative estimate of drug-likeness (QED) is 0.788. The van der Waals surface area contributed by atoms with E-state index in [1.165, 1.54) is 0 Å². The van der Waals surface area contributed by atoms with E-state index in [0.717, 1.165) is 30.6 Å². The van der Waals surface area contributed by atoms with E-state index in [2.05, 4.69) is 5.32 Å². The Bertz CT molecular complexity index is 671. The average molecular weight is 359 g/mol. The summed E-state index contributed by atoms with van der Waals surface area (Å²) in [5.41, 5.74) is 0.905. The molecule has 0 saturated heterocycles. The van der Waals surface area contributed by atoms with E-state index in [4.69, 9.17) is 9.47 Å². The Labute approximate surface area is 153 Å². The minimum atomic E-state index is -0.356. The number of fused-ring (bicyclic) bond motifs is 2. The summed E-state index contributed by atoms with van der Waals surface area (Å²) in [6, 6.07) is 7.40. The molecule has 0 heterocycles.